The molecule has 8 heteroatoms. The highest BCUT2D eigenvalue weighted by Crippen LogP contribution is 2.20. The molecular formula is C26H38N2O5S. The highest BCUT2D eigenvalue weighted by molar-refractivity contribution is 7.89. The van der Waals surface area contributed by atoms with Crippen molar-refractivity contribution in [3.63, 3.8) is 0 Å². The Labute approximate surface area is 204 Å². The van der Waals surface area contributed by atoms with Crippen LogP contribution in [0.3, 0.4) is 0 Å². The van der Waals surface area contributed by atoms with Crippen LogP contribution in [0.15, 0.2) is 59.5 Å². The topological polar surface area (TPSA) is 95.9 Å². The molecule has 188 valence electrons. The van der Waals surface area contributed by atoms with Crippen molar-refractivity contribution in [3.05, 3.63) is 65.7 Å². The quantitative estimate of drug-likeness (QED) is 0.518. The zero-order valence-electron chi connectivity index (χ0n) is 21.0. The number of amides is 1. The van der Waals surface area contributed by atoms with Crippen molar-refractivity contribution in [2.24, 2.45) is 0 Å². The molecule has 2 aromatic carbocycles. The number of ether oxygens (including phenoxy) is 1. The summed E-state index contributed by atoms with van der Waals surface area (Å²) in [6.45, 7) is 10.9. The molecule has 34 heavy (non-hydrogen) atoms. The standard InChI is InChI=1S/C26H38N2O5S/c1-19(2)28(34(31,32)22-14-12-20(3)13-15-22)17-16-24(29)23(18-21-10-8-7-9-11-21)27-25(30)33-26(4,5)6/h7-15,19,23-24,29H,16-18H2,1-6H3,(H,27,30)/t23-,24?/m0/s1. The van der Waals surface area contributed by atoms with Crippen LogP contribution in [0.4, 0.5) is 4.79 Å². The number of nitrogens with zero attached hydrogens (tertiary/aromatic N) is 1. The molecule has 0 aliphatic carbocycles. The van der Waals surface area contributed by atoms with E-state index in [1.807, 2.05) is 37.3 Å². The van der Waals surface area contributed by atoms with Gasteiger partial charge in [-0.3, -0.25) is 0 Å². The van der Waals surface area contributed by atoms with E-state index in [4.69, 9.17) is 4.74 Å². The van der Waals surface area contributed by atoms with E-state index in [9.17, 15) is 18.3 Å². The largest absolute Gasteiger partial charge is 0.444 e. The highest BCUT2D eigenvalue weighted by Gasteiger charge is 2.30. The van der Waals surface area contributed by atoms with Crippen molar-refractivity contribution < 1.29 is 23.1 Å². The molecule has 0 radical (unpaired) electrons. The smallest absolute Gasteiger partial charge is 0.407 e. The van der Waals surface area contributed by atoms with E-state index >= 15 is 0 Å². The lowest BCUT2D eigenvalue weighted by Gasteiger charge is -2.30. The number of hydrogen-bond donors (Lipinski definition) is 2. The SMILES string of the molecule is Cc1ccc(S(=O)(=O)N(CCC(O)[C@H](Cc2ccccc2)NC(=O)OC(C)(C)C)C(C)C)cc1. The van der Waals surface area contributed by atoms with Crippen LogP contribution in [0.2, 0.25) is 0 Å². The number of benzene rings is 2. The number of rotatable bonds is 10. The van der Waals surface area contributed by atoms with E-state index in [1.165, 1.54) is 4.31 Å². The number of aryl methyl sites for hydroxylation is 1. The first kappa shape index (κ1) is 27.8. The number of carbonyl (C=O) groups excluding carboxylic acids is 1. The third-order valence-electron chi connectivity index (χ3n) is 5.31. The Morgan fingerprint density at radius 3 is 2.18 bits per heavy atom. The number of sulfonamides is 1. The highest BCUT2D eigenvalue weighted by atomic mass is 32.2. The van der Waals surface area contributed by atoms with Gasteiger partial charge < -0.3 is 15.2 Å². The number of alkyl carbamates (subject to hydrolysis) is 1. The molecule has 2 atom stereocenters. The van der Waals surface area contributed by atoms with Crippen LogP contribution >= 0.6 is 0 Å². The summed E-state index contributed by atoms with van der Waals surface area (Å²) in [5.74, 6) is 0. The normalized spacial score (nSPS) is 14.1. The summed E-state index contributed by atoms with van der Waals surface area (Å²) in [5, 5.41) is 13.8. The van der Waals surface area contributed by atoms with Crippen LogP contribution in [-0.2, 0) is 21.2 Å². The molecule has 2 N–H and O–H groups in total. The van der Waals surface area contributed by atoms with E-state index in [-0.39, 0.29) is 23.9 Å². The van der Waals surface area contributed by atoms with E-state index in [0.717, 1.165) is 11.1 Å². The van der Waals surface area contributed by atoms with Crippen LogP contribution in [0.25, 0.3) is 0 Å². The van der Waals surface area contributed by atoms with Crippen molar-refractivity contribution in [3.8, 4) is 0 Å². The fourth-order valence-electron chi connectivity index (χ4n) is 3.57. The Hall–Kier alpha value is -2.42. The summed E-state index contributed by atoms with van der Waals surface area (Å²) < 4.78 is 33.3. The maximum atomic E-state index is 13.2. The minimum atomic E-state index is -3.73. The molecule has 0 spiro atoms. The van der Waals surface area contributed by atoms with Gasteiger partial charge in [0, 0.05) is 12.6 Å². The molecule has 0 saturated heterocycles. The average molecular weight is 491 g/mol. The molecule has 2 rings (SSSR count). The van der Waals surface area contributed by atoms with E-state index in [1.54, 1.807) is 58.9 Å². The summed E-state index contributed by atoms with van der Waals surface area (Å²) in [7, 11) is -3.73. The monoisotopic (exact) mass is 490 g/mol. The number of nitrogens with one attached hydrogen (secondary N) is 1. The van der Waals surface area contributed by atoms with Gasteiger partial charge in [0.2, 0.25) is 10.0 Å². The summed E-state index contributed by atoms with van der Waals surface area (Å²) in [6, 6.07) is 15.3. The van der Waals surface area contributed by atoms with Gasteiger partial charge in [0.05, 0.1) is 17.0 Å². The van der Waals surface area contributed by atoms with Gasteiger partial charge in [-0.2, -0.15) is 4.31 Å². The van der Waals surface area contributed by atoms with Crippen molar-refractivity contribution in [2.45, 2.75) is 83.1 Å². The average Bonchev–Trinajstić information content (AvgIpc) is 2.72. The van der Waals surface area contributed by atoms with Gasteiger partial charge in [-0.25, -0.2) is 13.2 Å². The molecule has 0 aliphatic heterocycles. The Morgan fingerprint density at radius 2 is 1.65 bits per heavy atom. The maximum absolute atomic E-state index is 13.2. The van der Waals surface area contributed by atoms with Crippen LogP contribution in [0.1, 0.15) is 52.2 Å². The van der Waals surface area contributed by atoms with Crippen molar-refractivity contribution in [1.29, 1.82) is 0 Å². The first-order valence-electron chi connectivity index (χ1n) is 11.6. The lowest BCUT2D eigenvalue weighted by molar-refractivity contribution is 0.0406. The molecule has 0 heterocycles. The molecule has 1 unspecified atom stereocenters. The van der Waals surface area contributed by atoms with Crippen LogP contribution in [0, 0.1) is 6.92 Å². The summed E-state index contributed by atoms with van der Waals surface area (Å²) >= 11 is 0. The Balaban J connectivity index is 2.18. The van der Waals surface area contributed by atoms with Gasteiger partial charge in [-0.15, -0.1) is 0 Å². The van der Waals surface area contributed by atoms with Crippen molar-refractivity contribution in [2.75, 3.05) is 6.54 Å². The fourth-order valence-corrected chi connectivity index (χ4v) is 5.22. The van der Waals surface area contributed by atoms with Crippen molar-refractivity contribution >= 4 is 16.1 Å². The second-order valence-corrected chi connectivity index (χ2v) is 11.7. The Bertz CT molecular complexity index is 1020. The lowest BCUT2D eigenvalue weighted by Crippen LogP contribution is -2.48. The Morgan fingerprint density at radius 1 is 1.06 bits per heavy atom. The molecule has 0 fully saturated rings. The second kappa shape index (κ2) is 11.8. The van der Waals surface area contributed by atoms with Gasteiger partial charge in [-0.05, 0) is 72.1 Å². The van der Waals surface area contributed by atoms with E-state index < -0.39 is 33.9 Å². The minimum Gasteiger partial charge on any atom is -0.444 e. The number of hydrogen-bond acceptors (Lipinski definition) is 5. The number of carbonyl (C=O) groups is 1. The van der Waals surface area contributed by atoms with Gasteiger partial charge in [-0.1, -0.05) is 48.0 Å². The number of aliphatic hydroxyl groups is 1. The van der Waals surface area contributed by atoms with Crippen LogP contribution < -0.4 is 5.32 Å². The summed E-state index contributed by atoms with van der Waals surface area (Å²) in [4.78, 5) is 12.6. The molecule has 0 aromatic heterocycles. The Kier molecular flexibility index (Phi) is 9.67. The predicted molar refractivity (Wildman–Crippen MR) is 134 cm³/mol. The zero-order valence-corrected chi connectivity index (χ0v) is 21.8. The van der Waals surface area contributed by atoms with Gasteiger partial charge in [0.25, 0.3) is 0 Å². The fraction of sp³-hybridized carbons (Fsp3) is 0.500. The molecule has 0 bridgehead atoms. The molecule has 2 aromatic rings. The number of aliphatic hydroxyl groups excluding tert-OH is 1. The molecule has 7 nitrogen and oxygen atoms in total. The van der Waals surface area contributed by atoms with Gasteiger partial charge in [0.15, 0.2) is 0 Å². The third kappa shape index (κ3) is 8.42. The van der Waals surface area contributed by atoms with E-state index in [0.29, 0.717) is 6.42 Å². The predicted octanol–water partition coefficient (Wildman–Crippen LogP) is 4.28. The first-order chi connectivity index (χ1) is 15.8. The van der Waals surface area contributed by atoms with Gasteiger partial charge >= 0.3 is 6.09 Å². The van der Waals surface area contributed by atoms with E-state index in [2.05, 4.69) is 5.32 Å². The molecular weight excluding hydrogens is 452 g/mol. The summed E-state index contributed by atoms with van der Waals surface area (Å²) in [6.07, 6.45) is -1.08. The maximum Gasteiger partial charge on any atom is 0.407 e. The molecule has 0 saturated carbocycles. The zero-order chi connectivity index (χ0) is 25.5. The minimum absolute atomic E-state index is 0.107. The third-order valence-corrected chi connectivity index (χ3v) is 7.40. The van der Waals surface area contributed by atoms with Crippen LogP contribution in [0.5, 0.6) is 0 Å². The first-order valence-corrected chi connectivity index (χ1v) is 13.0. The second-order valence-electron chi connectivity index (χ2n) is 9.82. The lowest BCUT2D eigenvalue weighted by atomic mass is 9.99. The van der Waals surface area contributed by atoms with Crippen molar-refractivity contribution in [1.82, 2.24) is 9.62 Å². The van der Waals surface area contributed by atoms with Crippen LogP contribution in [-0.4, -0.2) is 54.3 Å². The van der Waals surface area contributed by atoms with Gasteiger partial charge in [0.1, 0.15) is 5.60 Å². The molecule has 1 amide bonds. The summed E-state index contributed by atoms with van der Waals surface area (Å²) in [5.41, 5.74) is 1.24. The molecule has 0 aliphatic rings.